The van der Waals surface area contributed by atoms with Crippen LogP contribution in [0.1, 0.15) is 309 Å². The Hall–Kier alpha value is -1.36. The lowest BCUT2D eigenvalue weighted by Gasteiger charge is -2.15. The summed E-state index contributed by atoms with van der Waals surface area (Å²) in [5.41, 5.74) is 0. The number of hydrogen-bond acceptors (Lipinski definition) is 5. The SMILES string of the molecule is CCCCCCCCC/C=C\CCCCCCCC(=O)OC(CO)COC(=O)CCCCCCCCCCCCCCCCCCCCCCCCCCCCCCCC. The Morgan fingerprint density at radius 1 is 0.367 bits per heavy atom. The Morgan fingerprint density at radius 3 is 0.900 bits per heavy atom. The van der Waals surface area contributed by atoms with Crippen LogP contribution in [-0.2, 0) is 19.1 Å². The van der Waals surface area contributed by atoms with Gasteiger partial charge in [0, 0.05) is 12.8 Å². The van der Waals surface area contributed by atoms with Crippen molar-refractivity contribution in [3.8, 4) is 0 Å². The monoisotopic (exact) mass is 847 g/mol. The van der Waals surface area contributed by atoms with E-state index >= 15 is 0 Å². The molecule has 356 valence electrons. The van der Waals surface area contributed by atoms with Crippen molar-refractivity contribution in [1.82, 2.24) is 0 Å². The Balaban J connectivity index is 3.39. The van der Waals surface area contributed by atoms with Gasteiger partial charge < -0.3 is 14.6 Å². The van der Waals surface area contributed by atoms with E-state index in [2.05, 4.69) is 26.0 Å². The first-order chi connectivity index (χ1) is 29.6. The first-order valence-corrected chi connectivity index (χ1v) is 27.2. The molecular formula is C55H106O5. The highest BCUT2D eigenvalue weighted by atomic mass is 16.6. The lowest BCUT2D eigenvalue weighted by molar-refractivity contribution is -0.161. The molecule has 5 heteroatoms. The summed E-state index contributed by atoms with van der Waals surface area (Å²) in [6.45, 7) is 4.18. The molecule has 0 saturated carbocycles. The summed E-state index contributed by atoms with van der Waals surface area (Å²) in [5.74, 6) is -0.582. The number of carbonyl (C=O) groups excluding carboxylic acids is 2. The number of aliphatic hydroxyl groups excluding tert-OH is 1. The van der Waals surface area contributed by atoms with Crippen molar-refractivity contribution < 1.29 is 24.2 Å². The number of ether oxygens (including phenoxy) is 2. The standard InChI is InChI=1S/C55H106O5/c1-3-5-7-9-11-13-15-17-19-21-22-23-24-25-26-27-28-29-30-31-32-33-34-36-37-39-41-43-45-47-49-54(57)59-52-53(51-56)60-55(58)50-48-46-44-42-40-38-35-20-18-16-14-12-10-8-6-4-2/h20,35,53,56H,3-19,21-34,36-52H2,1-2H3/b35-20-. The van der Waals surface area contributed by atoms with E-state index < -0.39 is 6.10 Å². The van der Waals surface area contributed by atoms with Crippen LogP contribution < -0.4 is 0 Å². The molecule has 1 N–H and O–H groups in total. The number of hydrogen-bond donors (Lipinski definition) is 1. The third-order valence-corrected chi connectivity index (χ3v) is 12.6. The van der Waals surface area contributed by atoms with Crippen LogP contribution in [0.2, 0.25) is 0 Å². The maximum Gasteiger partial charge on any atom is 0.306 e. The van der Waals surface area contributed by atoms with Gasteiger partial charge in [-0.15, -0.1) is 0 Å². The maximum absolute atomic E-state index is 12.2. The molecule has 60 heavy (non-hydrogen) atoms. The molecule has 0 aromatic heterocycles. The molecule has 5 nitrogen and oxygen atoms in total. The summed E-state index contributed by atoms with van der Waals surface area (Å²) in [6, 6.07) is 0. The van der Waals surface area contributed by atoms with Gasteiger partial charge in [-0.1, -0.05) is 270 Å². The van der Waals surface area contributed by atoms with Crippen LogP contribution in [0.4, 0.5) is 0 Å². The van der Waals surface area contributed by atoms with Gasteiger partial charge in [-0.05, 0) is 38.5 Å². The van der Waals surface area contributed by atoms with E-state index in [1.54, 1.807) is 0 Å². The molecule has 0 aromatic carbocycles. The number of unbranched alkanes of at least 4 members (excludes halogenated alkanes) is 41. The van der Waals surface area contributed by atoms with Crippen molar-refractivity contribution >= 4 is 11.9 Å². The summed E-state index contributed by atoms with van der Waals surface area (Å²) in [4.78, 5) is 24.4. The first kappa shape index (κ1) is 58.6. The van der Waals surface area contributed by atoms with Gasteiger partial charge in [0.05, 0.1) is 6.61 Å². The van der Waals surface area contributed by atoms with Crippen LogP contribution in [-0.4, -0.2) is 36.4 Å². The zero-order chi connectivity index (χ0) is 43.5. The number of allylic oxidation sites excluding steroid dienone is 2. The number of carbonyl (C=O) groups is 2. The van der Waals surface area contributed by atoms with E-state index in [1.165, 1.54) is 244 Å². The molecule has 0 amide bonds. The molecule has 1 atom stereocenters. The van der Waals surface area contributed by atoms with Crippen molar-refractivity contribution in [1.29, 1.82) is 0 Å². The minimum Gasteiger partial charge on any atom is -0.462 e. The van der Waals surface area contributed by atoms with Crippen molar-refractivity contribution in [3.05, 3.63) is 12.2 Å². The molecule has 0 aliphatic heterocycles. The Kier molecular flexibility index (Phi) is 50.8. The normalized spacial score (nSPS) is 12.1. The highest BCUT2D eigenvalue weighted by Gasteiger charge is 2.16. The molecule has 0 radical (unpaired) electrons. The quantitative estimate of drug-likeness (QED) is 0.0375. The summed E-state index contributed by atoms with van der Waals surface area (Å²) in [7, 11) is 0. The fourth-order valence-corrected chi connectivity index (χ4v) is 8.44. The highest BCUT2D eigenvalue weighted by Crippen LogP contribution is 2.17. The van der Waals surface area contributed by atoms with Crippen molar-refractivity contribution in [2.75, 3.05) is 13.2 Å². The molecule has 0 aromatic rings. The molecule has 1 unspecified atom stereocenters. The zero-order valence-electron chi connectivity index (χ0n) is 40.8. The third-order valence-electron chi connectivity index (χ3n) is 12.6. The second kappa shape index (κ2) is 52.0. The second-order valence-corrected chi connectivity index (χ2v) is 18.7. The molecule has 0 aliphatic rings. The van der Waals surface area contributed by atoms with E-state index in [4.69, 9.17) is 9.47 Å². The van der Waals surface area contributed by atoms with E-state index in [1.807, 2.05) is 0 Å². The van der Waals surface area contributed by atoms with Crippen molar-refractivity contribution in [2.24, 2.45) is 0 Å². The van der Waals surface area contributed by atoms with Gasteiger partial charge in [0.25, 0.3) is 0 Å². The van der Waals surface area contributed by atoms with Crippen LogP contribution in [0, 0.1) is 0 Å². The van der Waals surface area contributed by atoms with Gasteiger partial charge in [0.2, 0.25) is 0 Å². The van der Waals surface area contributed by atoms with Gasteiger partial charge in [0.15, 0.2) is 6.10 Å². The van der Waals surface area contributed by atoms with Crippen LogP contribution >= 0.6 is 0 Å². The molecule has 0 saturated heterocycles. The van der Waals surface area contributed by atoms with E-state index in [0.717, 1.165) is 38.5 Å². The van der Waals surface area contributed by atoms with Gasteiger partial charge in [-0.2, -0.15) is 0 Å². The number of rotatable bonds is 51. The van der Waals surface area contributed by atoms with Gasteiger partial charge >= 0.3 is 11.9 Å². The van der Waals surface area contributed by atoms with Crippen molar-refractivity contribution in [3.63, 3.8) is 0 Å². The molecular weight excluding hydrogens is 741 g/mol. The largest absolute Gasteiger partial charge is 0.462 e. The Bertz CT molecular complexity index is 871. The Morgan fingerprint density at radius 2 is 0.617 bits per heavy atom. The third kappa shape index (κ3) is 49.3. The summed E-state index contributed by atoms with van der Waals surface area (Å²) in [5, 5.41) is 9.62. The predicted molar refractivity (Wildman–Crippen MR) is 261 cm³/mol. The van der Waals surface area contributed by atoms with E-state index in [9.17, 15) is 14.7 Å². The molecule has 0 rings (SSSR count). The maximum atomic E-state index is 12.2. The highest BCUT2D eigenvalue weighted by molar-refractivity contribution is 5.70. The Labute approximate surface area is 375 Å². The van der Waals surface area contributed by atoms with E-state index in [0.29, 0.717) is 12.8 Å². The summed E-state index contributed by atoms with van der Waals surface area (Å²) >= 11 is 0. The summed E-state index contributed by atoms with van der Waals surface area (Å²) < 4.78 is 10.7. The van der Waals surface area contributed by atoms with Crippen LogP contribution in [0.25, 0.3) is 0 Å². The van der Waals surface area contributed by atoms with Crippen molar-refractivity contribution in [2.45, 2.75) is 315 Å². The minimum atomic E-state index is -0.771. The zero-order valence-corrected chi connectivity index (χ0v) is 40.8. The predicted octanol–water partition coefficient (Wildman–Crippen LogP) is 18.0. The molecule has 0 fully saturated rings. The average Bonchev–Trinajstić information content (AvgIpc) is 3.25. The molecule has 0 bridgehead atoms. The van der Waals surface area contributed by atoms with Gasteiger partial charge in [-0.3, -0.25) is 9.59 Å². The second-order valence-electron chi connectivity index (χ2n) is 18.7. The molecule has 0 heterocycles. The fourth-order valence-electron chi connectivity index (χ4n) is 8.44. The molecule has 0 aliphatic carbocycles. The number of aliphatic hydroxyl groups is 1. The lowest BCUT2D eigenvalue weighted by atomic mass is 10.0. The van der Waals surface area contributed by atoms with Crippen LogP contribution in [0.15, 0.2) is 12.2 Å². The lowest BCUT2D eigenvalue weighted by Crippen LogP contribution is -2.28. The summed E-state index contributed by atoms with van der Waals surface area (Å²) in [6.07, 6.45) is 63.3. The topological polar surface area (TPSA) is 72.8 Å². The van der Waals surface area contributed by atoms with Gasteiger partial charge in [0.1, 0.15) is 6.61 Å². The number of esters is 2. The molecule has 0 spiro atoms. The fraction of sp³-hybridized carbons (Fsp3) is 0.927. The van der Waals surface area contributed by atoms with Crippen LogP contribution in [0.3, 0.4) is 0 Å². The average molecular weight is 847 g/mol. The van der Waals surface area contributed by atoms with Crippen LogP contribution in [0.5, 0.6) is 0 Å². The first-order valence-electron chi connectivity index (χ1n) is 27.2. The minimum absolute atomic E-state index is 0.0624. The van der Waals surface area contributed by atoms with E-state index in [-0.39, 0.29) is 25.2 Å². The smallest absolute Gasteiger partial charge is 0.306 e. The van der Waals surface area contributed by atoms with Gasteiger partial charge in [-0.25, -0.2) is 0 Å².